The predicted octanol–water partition coefficient (Wildman–Crippen LogP) is 1.42. The summed E-state index contributed by atoms with van der Waals surface area (Å²) in [4.78, 5) is 11.4. The van der Waals surface area contributed by atoms with Gasteiger partial charge in [-0.1, -0.05) is 18.2 Å². The molecule has 0 spiro atoms. The molecule has 0 bridgehead atoms. The van der Waals surface area contributed by atoms with Gasteiger partial charge in [0.1, 0.15) is 12.4 Å². The first kappa shape index (κ1) is 12.4. The van der Waals surface area contributed by atoms with Crippen LogP contribution in [0.4, 0.5) is 0 Å². The molecule has 0 aliphatic carbocycles. The number of rotatable bonds is 5. The second-order valence-electron chi connectivity index (χ2n) is 3.88. The molecule has 0 aliphatic rings. The van der Waals surface area contributed by atoms with E-state index in [1.165, 1.54) is 6.07 Å². The van der Waals surface area contributed by atoms with Crippen molar-refractivity contribution in [2.75, 3.05) is 6.61 Å². The van der Waals surface area contributed by atoms with Crippen molar-refractivity contribution >= 4 is 0 Å². The highest BCUT2D eigenvalue weighted by Crippen LogP contribution is 2.11. The standard InChI is InChI=1S/C14H15NO3/c16-11-12-4-6-13(7-5-12)18-10-9-15-8-2-1-3-14(15)17/h1-8,16H,9-11H2. The fourth-order valence-corrected chi connectivity index (χ4v) is 1.60. The molecule has 94 valence electrons. The van der Waals surface area contributed by atoms with E-state index in [4.69, 9.17) is 9.84 Å². The van der Waals surface area contributed by atoms with Crippen LogP contribution in [0.5, 0.6) is 5.75 Å². The summed E-state index contributed by atoms with van der Waals surface area (Å²) >= 11 is 0. The van der Waals surface area contributed by atoms with Crippen molar-refractivity contribution in [2.45, 2.75) is 13.2 Å². The van der Waals surface area contributed by atoms with E-state index in [1.807, 2.05) is 18.2 Å². The molecule has 0 unspecified atom stereocenters. The minimum absolute atomic E-state index is 0.0275. The van der Waals surface area contributed by atoms with Crippen LogP contribution in [0.25, 0.3) is 0 Å². The summed E-state index contributed by atoms with van der Waals surface area (Å²) < 4.78 is 7.12. The second-order valence-corrected chi connectivity index (χ2v) is 3.88. The first-order valence-corrected chi connectivity index (χ1v) is 5.77. The molecule has 1 aromatic heterocycles. The van der Waals surface area contributed by atoms with Crippen molar-refractivity contribution in [3.8, 4) is 5.75 Å². The number of ether oxygens (including phenoxy) is 1. The Morgan fingerprint density at radius 3 is 2.56 bits per heavy atom. The van der Waals surface area contributed by atoms with Gasteiger partial charge in [-0.05, 0) is 23.8 Å². The van der Waals surface area contributed by atoms with Gasteiger partial charge in [0.2, 0.25) is 0 Å². The van der Waals surface area contributed by atoms with Crippen LogP contribution in [0.1, 0.15) is 5.56 Å². The van der Waals surface area contributed by atoms with Crippen LogP contribution in [0.2, 0.25) is 0 Å². The molecule has 0 radical (unpaired) electrons. The minimum atomic E-state index is -0.0308. The first-order chi connectivity index (χ1) is 8.79. The third-order valence-electron chi connectivity index (χ3n) is 2.61. The molecule has 2 rings (SSSR count). The van der Waals surface area contributed by atoms with Gasteiger partial charge < -0.3 is 14.4 Å². The maximum Gasteiger partial charge on any atom is 0.250 e. The van der Waals surface area contributed by atoms with Gasteiger partial charge >= 0.3 is 0 Å². The molecule has 1 heterocycles. The fourth-order valence-electron chi connectivity index (χ4n) is 1.60. The van der Waals surface area contributed by atoms with Crippen molar-refractivity contribution in [3.63, 3.8) is 0 Å². The molecule has 18 heavy (non-hydrogen) atoms. The summed E-state index contributed by atoms with van der Waals surface area (Å²) in [7, 11) is 0. The summed E-state index contributed by atoms with van der Waals surface area (Å²) in [5, 5.41) is 8.90. The van der Waals surface area contributed by atoms with Gasteiger partial charge in [-0.2, -0.15) is 0 Å². The van der Waals surface area contributed by atoms with Crippen LogP contribution in [-0.2, 0) is 13.2 Å². The maximum absolute atomic E-state index is 11.4. The van der Waals surface area contributed by atoms with E-state index in [0.717, 1.165) is 11.3 Å². The Labute approximate surface area is 105 Å². The number of pyridine rings is 1. The highest BCUT2D eigenvalue weighted by molar-refractivity contribution is 5.26. The number of benzene rings is 1. The minimum Gasteiger partial charge on any atom is -0.492 e. The van der Waals surface area contributed by atoms with Crippen molar-refractivity contribution < 1.29 is 9.84 Å². The average Bonchev–Trinajstić information content (AvgIpc) is 2.42. The van der Waals surface area contributed by atoms with Gasteiger partial charge in [-0.15, -0.1) is 0 Å². The lowest BCUT2D eigenvalue weighted by atomic mass is 10.2. The zero-order valence-corrected chi connectivity index (χ0v) is 9.95. The number of hydrogen-bond donors (Lipinski definition) is 1. The van der Waals surface area contributed by atoms with E-state index >= 15 is 0 Å². The zero-order chi connectivity index (χ0) is 12.8. The molecule has 0 fully saturated rings. The summed E-state index contributed by atoms with van der Waals surface area (Å²) in [6.07, 6.45) is 1.74. The molecule has 0 aliphatic heterocycles. The Kier molecular flexibility index (Phi) is 4.15. The van der Waals surface area contributed by atoms with Gasteiger partial charge in [-0.3, -0.25) is 4.79 Å². The number of aromatic nitrogens is 1. The van der Waals surface area contributed by atoms with Crippen LogP contribution in [0, 0.1) is 0 Å². The highest BCUT2D eigenvalue weighted by Gasteiger charge is 1.96. The third-order valence-corrected chi connectivity index (χ3v) is 2.61. The molecule has 1 N–H and O–H groups in total. The van der Waals surface area contributed by atoms with Crippen molar-refractivity contribution in [1.82, 2.24) is 4.57 Å². The Hall–Kier alpha value is -2.07. The largest absolute Gasteiger partial charge is 0.492 e. The lowest BCUT2D eigenvalue weighted by molar-refractivity contribution is 0.280. The third kappa shape index (κ3) is 3.21. The van der Waals surface area contributed by atoms with Crippen LogP contribution < -0.4 is 10.3 Å². The van der Waals surface area contributed by atoms with E-state index in [0.29, 0.717) is 13.2 Å². The van der Waals surface area contributed by atoms with Crippen molar-refractivity contribution in [1.29, 1.82) is 0 Å². The average molecular weight is 245 g/mol. The topological polar surface area (TPSA) is 51.5 Å². The molecule has 0 saturated heterocycles. The van der Waals surface area contributed by atoms with E-state index in [-0.39, 0.29) is 12.2 Å². The molecule has 4 heteroatoms. The molecule has 0 atom stereocenters. The van der Waals surface area contributed by atoms with Gasteiger partial charge in [0, 0.05) is 12.3 Å². The summed E-state index contributed by atoms with van der Waals surface area (Å²) in [5.41, 5.74) is 0.818. The highest BCUT2D eigenvalue weighted by atomic mass is 16.5. The summed E-state index contributed by atoms with van der Waals surface area (Å²) in [6, 6.07) is 12.3. The Balaban J connectivity index is 1.88. The Morgan fingerprint density at radius 1 is 1.11 bits per heavy atom. The first-order valence-electron chi connectivity index (χ1n) is 5.77. The van der Waals surface area contributed by atoms with Crippen LogP contribution in [0.15, 0.2) is 53.5 Å². The van der Waals surface area contributed by atoms with Crippen LogP contribution in [0.3, 0.4) is 0 Å². The molecular formula is C14H15NO3. The lowest BCUT2D eigenvalue weighted by Crippen LogP contribution is -2.21. The van der Waals surface area contributed by atoms with E-state index in [1.54, 1.807) is 29.0 Å². The second kappa shape index (κ2) is 6.02. The van der Waals surface area contributed by atoms with Gasteiger partial charge in [-0.25, -0.2) is 0 Å². The summed E-state index contributed by atoms with van der Waals surface area (Å²) in [5.74, 6) is 0.733. The number of aliphatic hydroxyl groups is 1. The molecule has 2 aromatic rings. The quantitative estimate of drug-likeness (QED) is 0.866. The Bertz CT molecular complexity index is 545. The van der Waals surface area contributed by atoms with Gasteiger partial charge in [0.15, 0.2) is 0 Å². The fraction of sp³-hybridized carbons (Fsp3) is 0.214. The van der Waals surface area contributed by atoms with Crippen molar-refractivity contribution in [2.24, 2.45) is 0 Å². The number of hydrogen-bond acceptors (Lipinski definition) is 3. The van der Waals surface area contributed by atoms with Gasteiger partial charge in [0.25, 0.3) is 5.56 Å². The zero-order valence-electron chi connectivity index (χ0n) is 9.95. The van der Waals surface area contributed by atoms with E-state index in [9.17, 15) is 4.79 Å². The molecule has 0 amide bonds. The molecule has 4 nitrogen and oxygen atoms in total. The summed E-state index contributed by atoms with van der Waals surface area (Å²) in [6.45, 7) is 0.976. The van der Waals surface area contributed by atoms with Crippen molar-refractivity contribution in [3.05, 3.63) is 64.6 Å². The Morgan fingerprint density at radius 2 is 1.89 bits per heavy atom. The number of aliphatic hydroxyl groups excluding tert-OH is 1. The molecular weight excluding hydrogens is 230 g/mol. The van der Waals surface area contributed by atoms with Gasteiger partial charge in [0.05, 0.1) is 13.2 Å². The van der Waals surface area contributed by atoms with Crippen LogP contribution in [-0.4, -0.2) is 16.3 Å². The maximum atomic E-state index is 11.4. The van der Waals surface area contributed by atoms with E-state index < -0.39 is 0 Å². The predicted molar refractivity (Wildman–Crippen MR) is 68.6 cm³/mol. The lowest BCUT2D eigenvalue weighted by Gasteiger charge is -2.08. The molecule has 1 aromatic carbocycles. The number of nitrogens with zero attached hydrogens (tertiary/aromatic N) is 1. The normalized spacial score (nSPS) is 10.3. The van der Waals surface area contributed by atoms with Crippen LogP contribution >= 0.6 is 0 Å². The van der Waals surface area contributed by atoms with E-state index in [2.05, 4.69) is 0 Å². The monoisotopic (exact) mass is 245 g/mol. The molecule has 0 saturated carbocycles. The smallest absolute Gasteiger partial charge is 0.250 e. The SMILES string of the molecule is O=c1ccccn1CCOc1ccc(CO)cc1.